The Labute approximate surface area is 162 Å². The fraction of sp³-hybridized carbons (Fsp3) is 0.429. The molecule has 1 aromatic rings. The van der Waals surface area contributed by atoms with Gasteiger partial charge in [0.1, 0.15) is 11.8 Å². The molecule has 1 saturated carbocycles. The lowest BCUT2D eigenvalue weighted by Gasteiger charge is -2.23. The van der Waals surface area contributed by atoms with E-state index in [1.165, 1.54) is 14.0 Å². The minimum atomic E-state index is -1.05. The first-order valence-electron chi connectivity index (χ1n) is 9.31. The maximum Gasteiger partial charge on any atom is 0.329 e. The van der Waals surface area contributed by atoms with Crippen LogP contribution in [0.3, 0.4) is 0 Å². The van der Waals surface area contributed by atoms with Crippen LogP contribution in [0.1, 0.15) is 23.7 Å². The number of carbonyl (C=O) groups excluding carboxylic acids is 4. The smallest absolute Gasteiger partial charge is 0.329 e. The summed E-state index contributed by atoms with van der Waals surface area (Å²) in [6.07, 6.45) is 4.82. The molecule has 2 fully saturated rings. The van der Waals surface area contributed by atoms with Gasteiger partial charge in [0.15, 0.2) is 12.4 Å². The highest BCUT2D eigenvalue weighted by atomic mass is 16.5. The van der Waals surface area contributed by atoms with Crippen LogP contribution in [0.2, 0.25) is 0 Å². The summed E-state index contributed by atoms with van der Waals surface area (Å²) in [4.78, 5) is 51.2. The second-order valence-electron chi connectivity index (χ2n) is 7.49. The van der Waals surface area contributed by atoms with Gasteiger partial charge >= 0.3 is 5.97 Å². The van der Waals surface area contributed by atoms with E-state index >= 15 is 0 Å². The molecule has 146 valence electrons. The number of allylic oxidation sites excluding steroid dienone is 2. The van der Waals surface area contributed by atoms with Crippen LogP contribution in [0.15, 0.2) is 36.4 Å². The van der Waals surface area contributed by atoms with Gasteiger partial charge in [-0.25, -0.2) is 4.79 Å². The Balaban J connectivity index is 1.39. The van der Waals surface area contributed by atoms with Gasteiger partial charge in [-0.15, -0.1) is 0 Å². The van der Waals surface area contributed by atoms with Crippen LogP contribution in [-0.2, 0) is 19.1 Å². The Morgan fingerprint density at radius 2 is 1.79 bits per heavy atom. The topological polar surface area (TPSA) is 90.0 Å². The second-order valence-corrected chi connectivity index (χ2v) is 7.49. The number of nitrogens with zero attached hydrogens (tertiary/aromatic N) is 1. The van der Waals surface area contributed by atoms with Crippen LogP contribution in [0, 0.1) is 23.7 Å². The van der Waals surface area contributed by atoms with Gasteiger partial charge in [-0.05, 0) is 37.3 Å². The summed E-state index contributed by atoms with van der Waals surface area (Å²) >= 11 is 0. The Hall–Kier alpha value is -2.96. The lowest BCUT2D eigenvalue weighted by Crippen LogP contribution is -2.45. The van der Waals surface area contributed by atoms with Crippen LogP contribution in [0.25, 0.3) is 0 Å². The number of imide groups is 1. The Bertz CT molecular complexity index is 861. The molecule has 0 aromatic heterocycles. The van der Waals surface area contributed by atoms with E-state index in [0.29, 0.717) is 11.3 Å². The van der Waals surface area contributed by atoms with Crippen molar-refractivity contribution in [3.8, 4) is 5.75 Å². The number of ether oxygens (including phenoxy) is 2. The number of hydrogen-bond acceptors (Lipinski definition) is 6. The number of fused-ring (bicyclic) bond motifs is 5. The van der Waals surface area contributed by atoms with Gasteiger partial charge in [-0.2, -0.15) is 0 Å². The number of amides is 2. The molecule has 0 unspecified atom stereocenters. The van der Waals surface area contributed by atoms with E-state index in [0.717, 1.165) is 11.3 Å². The maximum atomic E-state index is 12.7. The van der Waals surface area contributed by atoms with E-state index in [9.17, 15) is 19.2 Å². The van der Waals surface area contributed by atoms with Gasteiger partial charge in [0, 0.05) is 5.56 Å². The summed E-state index contributed by atoms with van der Waals surface area (Å²) in [5, 5.41) is 0. The quantitative estimate of drug-likeness (QED) is 0.321. The molecule has 5 atom stereocenters. The van der Waals surface area contributed by atoms with Crippen molar-refractivity contribution in [2.24, 2.45) is 23.7 Å². The number of esters is 1. The van der Waals surface area contributed by atoms with E-state index in [1.54, 1.807) is 24.3 Å². The van der Waals surface area contributed by atoms with Crippen molar-refractivity contribution in [3.63, 3.8) is 0 Å². The molecular weight excluding hydrogens is 362 g/mol. The average Bonchev–Trinajstić information content (AvgIpc) is 3.39. The van der Waals surface area contributed by atoms with Crippen LogP contribution in [0.5, 0.6) is 5.75 Å². The highest BCUT2D eigenvalue weighted by Crippen LogP contribution is 2.52. The maximum absolute atomic E-state index is 12.7. The van der Waals surface area contributed by atoms with Gasteiger partial charge in [0.25, 0.3) is 0 Å². The summed E-state index contributed by atoms with van der Waals surface area (Å²) in [7, 11) is 1.49. The molecule has 2 bridgehead atoms. The van der Waals surface area contributed by atoms with Gasteiger partial charge in [0.2, 0.25) is 11.8 Å². The van der Waals surface area contributed by atoms with Crippen molar-refractivity contribution >= 4 is 23.6 Å². The molecule has 0 spiro atoms. The number of hydrogen-bond donors (Lipinski definition) is 0. The molecular formula is C21H21NO6. The third-order valence-corrected chi connectivity index (χ3v) is 5.97. The first-order chi connectivity index (χ1) is 13.4. The molecule has 1 saturated heterocycles. The molecule has 3 aliphatic rings. The highest BCUT2D eigenvalue weighted by molar-refractivity contribution is 6.09. The average molecular weight is 383 g/mol. The molecule has 1 aromatic carbocycles. The molecule has 28 heavy (non-hydrogen) atoms. The molecule has 7 heteroatoms. The van der Waals surface area contributed by atoms with Gasteiger partial charge < -0.3 is 9.47 Å². The molecule has 2 aliphatic carbocycles. The normalized spacial score (nSPS) is 28.4. The first-order valence-corrected chi connectivity index (χ1v) is 9.31. The fourth-order valence-electron chi connectivity index (χ4n) is 4.55. The van der Waals surface area contributed by atoms with Crippen molar-refractivity contribution in [2.75, 3.05) is 13.7 Å². The predicted molar refractivity (Wildman–Crippen MR) is 97.3 cm³/mol. The molecule has 1 heterocycles. The summed E-state index contributed by atoms with van der Waals surface area (Å²) in [6, 6.07) is 5.47. The lowest BCUT2D eigenvalue weighted by molar-refractivity contribution is -0.157. The number of Topliss-reactive ketones (excluding diaryl/α,β-unsaturated/α-hetero) is 1. The molecule has 2 amide bonds. The Morgan fingerprint density at radius 3 is 2.39 bits per heavy atom. The molecule has 1 aliphatic heterocycles. The monoisotopic (exact) mass is 383 g/mol. The van der Waals surface area contributed by atoms with Crippen LogP contribution in [0.4, 0.5) is 0 Å². The fourth-order valence-corrected chi connectivity index (χ4v) is 4.55. The zero-order valence-corrected chi connectivity index (χ0v) is 15.7. The number of methoxy groups -OCH3 is 1. The van der Waals surface area contributed by atoms with Crippen LogP contribution >= 0.6 is 0 Å². The number of benzene rings is 1. The Morgan fingerprint density at radius 1 is 1.14 bits per heavy atom. The number of rotatable bonds is 6. The first kappa shape index (κ1) is 18.4. The molecule has 4 rings (SSSR count). The minimum Gasteiger partial charge on any atom is -0.497 e. The summed E-state index contributed by atoms with van der Waals surface area (Å²) in [6.45, 7) is 0.997. The van der Waals surface area contributed by atoms with Crippen molar-refractivity contribution < 1.29 is 28.7 Å². The van der Waals surface area contributed by atoms with E-state index in [2.05, 4.69) is 0 Å². The Kier molecular flexibility index (Phi) is 4.53. The third-order valence-electron chi connectivity index (χ3n) is 5.97. The zero-order valence-electron chi connectivity index (χ0n) is 15.7. The third kappa shape index (κ3) is 2.82. The van der Waals surface area contributed by atoms with Crippen molar-refractivity contribution in [1.29, 1.82) is 0 Å². The van der Waals surface area contributed by atoms with Gasteiger partial charge in [-0.1, -0.05) is 24.3 Å². The number of ketones is 1. The molecule has 0 radical (unpaired) electrons. The molecule has 0 N–H and O–H groups in total. The zero-order chi connectivity index (χ0) is 20.0. The summed E-state index contributed by atoms with van der Waals surface area (Å²) in [5.41, 5.74) is 0.352. The molecule has 7 nitrogen and oxygen atoms in total. The number of carbonyl (C=O) groups is 4. The van der Waals surface area contributed by atoms with Crippen molar-refractivity contribution in [3.05, 3.63) is 42.0 Å². The largest absolute Gasteiger partial charge is 0.497 e. The van der Waals surface area contributed by atoms with Crippen molar-refractivity contribution in [2.45, 2.75) is 19.4 Å². The second kappa shape index (κ2) is 6.89. The number of likely N-dealkylation sites (tertiary alicyclic amines) is 1. The highest BCUT2D eigenvalue weighted by Gasteiger charge is 2.60. The minimum absolute atomic E-state index is 0.0781. The van der Waals surface area contributed by atoms with Crippen LogP contribution < -0.4 is 4.74 Å². The lowest BCUT2D eigenvalue weighted by atomic mass is 9.85. The summed E-state index contributed by atoms with van der Waals surface area (Å²) in [5.74, 6) is -1.83. The standard InChI is InChI=1S/C21H21NO6/c1-11(21(26)28-10-16(23)12-4-3-5-15(9-12)27-2)22-19(24)17-13-6-7-14(8-13)18(17)20(22)25/h3-7,9,11,13-14,17-18H,8,10H2,1-2H3/t11-,13-,14+,17-,18+/m0/s1. The predicted octanol–water partition coefficient (Wildman–Crippen LogP) is 1.62. The van der Waals surface area contributed by atoms with Gasteiger partial charge in [0.05, 0.1) is 18.9 Å². The van der Waals surface area contributed by atoms with E-state index < -0.39 is 24.4 Å². The van der Waals surface area contributed by atoms with E-state index in [4.69, 9.17) is 9.47 Å². The van der Waals surface area contributed by atoms with Crippen LogP contribution in [-0.4, -0.2) is 48.2 Å². The van der Waals surface area contributed by atoms with E-state index in [-0.39, 0.29) is 35.5 Å². The summed E-state index contributed by atoms with van der Waals surface area (Å²) < 4.78 is 10.2. The van der Waals surface area contributed by atoms with Gasteiger partial charge in [-0.3, -0.25) is 19.3 Å². The van der Waals surface area contributed by atoms with E-state index in [1.807, 2.05) is 12.2 Å². The van der Waals surface area contributed by atoms with Crippen molar-refractivity contribution in [1.82, 2.24) is 4.90 Å². The SMILES string of the molecule is COc1cccc(C(=O)COC(=O)[C@H](C)N2C(=O)[C@@H]3[C@H](C2=O)[C@@H]2C=C[C@H]3C2)c1.